The molecular weight excluding hydrogens is 264 g/mol. The van der Waals surface area contributed by atoms with Crippen molar-refractivity contribution < 1.29 is 0 Å². The van der Waals surface area contributed by atoms with Crippen molar-refractivity contribution in [2.24, 2.45) is 5.92 Å². The second kappa shape index (κ2) is 4.88. The fourth-order valence-electron chi connectivity index (χ4n) is 2.26. The second-order valence-corrected chi connectivity index (χ2v) is 5.32. The number of rotatable bonds is 2. The number of benzene rings is 1. The lowest BCUT2D eigenvalue weighted by Gasteiger charge is -2.19. The Bertz CT molecular complexity index is 422. The lowest BCUT2D eigenvalue weighted by molar-refractivity contribution is 0.556. The molecule has 0 amide bonds. The van der Waals surface area contributed by atoms with E-state index in [1.165, 1.54) is 19.3 Å². The van der Waals surface area contributed by atoms with E-state index in [2.05, 4.69) is 34.2 Å². The third-order valence-corrected chi connectivity index (χ3v) is 3.96. The molecule has 1 fully saturated rings. The highest BCUT2D eigenvalue weighted by Gasteiger charge is 2.23. The molecule has 0 aliphatic heterocycles. The monoisotopic (exact) mass is 278 g/mol. The summed E-state index contributed by atoms with van der Waals surface area (Å²) >= 11 is 3.50. The lowest BCUT2D eigenvalue weighted by Crippen LogP contribution is -2.21. The normalized spacial score (nSPS) is 24.1. The number of anilines is 1. The van der Waals surface area contributed by atoms with Gasteiger partial charge in [0.15, 0.2) is 0 Å². The molecule has 0 spiro atoms. The van der Waals surface area contributed by atoms with Crippen molar-refractivity contribution in [2.75, 3.05) is 5.32 Å². The Hall–Kier alpha value is -1.01. The molecule has 2 rings (SSSR count). The van der Waals surface area contributed by atoms with E-state index in [0.717, 1.165) is 16.1 Å². The van der Waals surface area contributed by atoms with Crippen LogP contribution in [0.5, 0.6) is 0 Å². The van der Waals surface area contributed by atoms with Crippen LogP contribution in [0.3, 0.4) is 0 Å². The third-order valence-electron chi connectivity index (χ3n) is 3.30. The molecule has 2 nitrogen and oxygen atoms in total. The molecule has 0 heterocycles. The fraction of sp³-hybridized carbons (Fsp3) is 0.462. The van der Waals surface area contributed by atoms with Gasteiger partial charge < -0.3 is 5.32 Å². The van der Waals surface area contributed by atoms with Crippen LogP contribution in [0.15, 0.2) is 22.7 Å². The van der Waals surface area contributed by atoms with Crippen LogP contribution < -0.4 is 5.32 Å². The third kappa shape index (κ3) is 2.38. The number of nitrogens with one attached hydrogen (secondary N) is 1. The van der Waals surface area contributed by atoms with Crippen molar-refractivity contribution in [3.05, 3.63) is 28.2 Å². The first kappa shape index (κ1) is 11.5. The number of nitrogens with zero attached hydrogens (tertiary/aromatic N) is 1. The zero-order valence-electron chi connectivity index (χ0n) is 9.33. The van der Waals surface area contributed by atoms with E-state index in [4.69, 9.17) is 5.26 Å². The summed E-state index contributed by atoms with van der Waals surface area (Å²) in [5, 5.41) is 12.3. The minimum atomic E-state index is 0.573. The van der Waals surface area contributed by atoms with Crippen molar-refractivity contribution in [1.29, 1.82) is 5.26 Å². The number of hydrogen-bond donors (Lipinski definition) is 1. The van der Waals surface area contributed by atoms with Crippen molar-refractivity contribution in [3.63, 3.8) is 0 Å². The molecule has 1 aromatic rings. The Morgan fingerprint density at radius 1 is 1.44 bits per heavy atom. The Balaban J connectivity index is 2.13. The predicted octanol–water partition coefficient (Wildman–Crippen LogP) is 3.92. The van der Waals surface area contributed by atoms with Crippen LogP contribution in [-0.4, -0.2) is 6.04 Å². The van der Waals surface area contributed by atoms with Gasteiger partial charge in [-0.1, -0.05) is 13.3 Å². The summed E-state index contributed by atoms with van der Waals surface area (Å²) in [6, 6.07) is 8.41. The van der Waals surface area contributed by atoms with E-state index in [9.17, 15) is 0 Å². The number of nitriles is 1. The highest BCUT2D eigenvalue weighted by atomic mass is 79.9. The standard InChI is InChI=1S/C13H15BrN2/c1-9-3-2-4-12(9)16-13-6-5-10(8-15)7-11(13)14/h5-7,9,12,16H,2-4H2,1H3. The van der Waals surface area contributed by atoms with E-state index < -0.39 is 0 Å². The topological polar surface area (TPSA) is 35.8 Å². The molecule has 1 saturated carbocycles. The Morgan fingerprint density at radius 3 is 2.81 bits per heavy atom. The van der Waals surface area contributed by atoms with Crippen LogP contribution in [0.25, 0.3) is 0 Å². The van der Waals surface area contributed by atoms with Crippen LogP contribution in [-0.2, 0) is 0 Å². The Morgan fingerprint density at radius 2 is 2.25 bits per heavy atom. The average Bonchev–Trinajstić information content (AvgIpc) is 2.67. The van der Waals surface area contributed by atoms with Crippen LogP contribution in [0.1, 0.15) is 31.7 Å². The summed E-state index contributed by atoms with van der Waals surface area (Å²) in [7, 11) is 0. The van der Waals surface area contributed by atoms with E-state index in [0.29, 0.717) is 11.6 Å². The van der Waals surface area contributed by atoms with Gasteiger partial charge in [-0.15, -0.1) is 0 Å². The van der Waals surface area contributed by atoms with Gasteiger partial charge in [0.1, 0.15) is 0 Å². The van der Waals surface area contributed by atoms with Crippen LogP contribution >= 0.6 is 15.9 Å². The summed E-state index contributed by atoms with van der Waals surface area (Å²) in [5.41, 5.74) is 1.79. The van der Waals surface area contributed by atoms with E-state index in [1.807, 2.05) is 18.2 Å². The van der Waals surface area contributed by atoms with Gasteiger partial charge in [0.2, 0.25) is 0 Å². The molecule has 3 heteroatoms. The summed E-state index contributed by atoms with van der Waals surface area (Å²) in [5.74, 6) is 0.738. The molecule has 1 N–H and O–H groups in total. The highest BCUT2D eigenvalue weighted by molar-refractivity contribution is 9.10. The van der Waals surface area contributed by atoms with Crippen LogP contribution in [0, 0.1) is 17.2 Å². The zero-order chi connectivity index (χ0) is 11.5. The molecule has 1 aliphatic carbocycles. The molecule has 0 radical (unpaired) electrons. The van der Waals surface area contributed by atoms with E-state index in [1.54, 1.807) is 0 Å². The summed E-state index contributed by atoms with van der Waals surface area (Å²) < 4.78 is 0.977. The first-order valence-electron chi connectivity index (χ1n) is 5.67. The minimum Gasteiger partial charge on any atom is -0.381 e. The second-order valence-electron chi connectivity index (χ2n) is 4.47. The smallest absolute Gasteiger partial charge is 0.0992 e. The molecule has 84 valence electrons. The molecule has 0 saturated heterocycles. The van der Waals surface area contributed by atoms with Crippen molar-refractivity contribution >= 4 is 21.6 Å². The Kier molecular flexibility index (Phi) is 3.50. The largest absolute Gasteiger partial charge is 0.381 e. The molecular formula is C13H15BrN2. The fourth-order valence-corrected chi connectivity index (χ4v) is 2.75. The minimum absolute atomic E-state index is 0.573. The number of halogens is 1. The van der Waals surface area contributed by atoms with Gasteiger partial charge in [0.25, 0.3) is 0 Å². The van der Waals surface area contributed by atoms with Crippen LogP contribution in [0.2, 0.25) is 0 Å². The van der Waals surface area contributed by atoms with Gasteiger partial charge in [-0.25, -0.2) is 0 Å². The van der Waals surface area contributed by atoms with Gasteiger partial charge in [0, 0.05) is 16.2 Å². The van der Waals surface area contributed by atoms with E-state index in [-0.39, 0.29) is 0 Å². The van der Waals surface area contributed by atoms with Crippen molar-refractivity contribution in [3.8, 4) is 6.07 Å². The molecule has 1 aromatic carbocycles. The van der Waals surface area contributed by atoms with Crippen molar-refractivity contribution in [2.45, 2.75) is 32.2 Å². The average molecular weight is 279 g/mol. The van der Waals surface area contributed by atoms with Gasteiger partial charge in [-0.05, 0) is 52.9 Å². The van der Waals surface area contributed by atoms with Crippen molar-refractivity contribution in [1.82, 2.24) is 0 Å². The molecule has 2 atom stereocenters. The SMILES string of the molecule is CC1CCCC1Nc1ccc(C#N)cc1Br. The maximum atomic E-state index is 8.79. The first-order chi connectivity index (χ1) is 7.70. The Labute approximate surface area is 105 Å². The lowest BCUT2D eigenvalue weighted by atomic mass is 10.1. The maximum Gasteiger partial charge on any atom is 0.0992 e. The predicted molar refractivity (Wildman–Crippen MR) is 69.3 cm³/mol. The van der Waals surface area contributed by atoms with Crippen LogP contribution in [0.4, 0.5) is 5.69 Å². The molecule has 2 unspecified atom stereocenters. The highest BCUT2D eigenvalue weighted by Crippen LogP contribution is 2.31. The van der Waals surface area contributed by atoms with Gasteiger partial charge >= 0.3 is 0 Å². The molecule has 16 heavy (non-hydrogen) atoms. The maximum absolute atomic E-state index is 8.79. The summed E-state index contributed by atoms with van der Waals surface area (Å²) in [4.78, 5) is 0. The molecule has 0 bridgehead atoms. The van der Waals surface area contributed by atoms with Gasteiger partial charge in [-0.3, -0.25) is 0 Å². The van der Waals surface area contributed by atoms with E-state index >= 15 is 0 Å². The zero-order valence-corrected chi connectivity index (χ0v) is 10.9. The summed E-state index contributed by atoms with van der Waals surface area (Å²) in [6.07, 6.45) is 3.87. The molecule has 1 aliphatic rings. The summed E-state index contributed by atoms with van der Waals surface area (Å²) in [6.45, 7) is 2.29. The molecule has 0 aromatic heterocycles. The van der Waals surface area contributed by atoms with Gasteiger partial charge in [0.05, 0.1) is 11.6 Å². The number of hydrogen-bond acceptors (Lipinski definition) is 2. The van der Waals surface area contributed by atoms with Gasteiger partial charge in [-0.2, -0.15) is 5.26 Å². The first-order valence-corrected chi connectivity index (χ1v) is 6.46. The quantitative estimate of drug-likeness (QED) is 0.890.